The van der Waals surface area contributed by atoms with Crippen molar-refractivity contribution in [3.8, 4) is 0 Å². The van der Waals surface area contributed by atoms with Crippen molar-refractivity contribution >= 4 is 29.2 Å². The minimum atomic E-state index is -0.980. The molecule has 0 atom stereocenters. The smallest absolute Gasteiger partial charge is 0.339 e. The molecule has 0 spiro atoms. The first kappa shape index (κ1) is 11.2. The summed E-state index contributed by atoms with van der Waals surface area (Å²) in [7, 11) is 0. The number of hydrogen-bond acceptors (Lipinski definition) is 5. The van der Waals surface area contributed by atoms with Gasteiger partial charge in [-0.1, -0.05) is 0 Å². The van der Waals surface area contributed by atoms with E-state index in [2.05, 4.69) is 10.5 Å². The van der Waals surface area contributed by atoms with Crippen LogP contribution in [0, 0.1) is 0 Å². The van der Waals surface area contributed by atoms with Gasteiger partial charge in [-0.25, -0.2) is 9.59 Å². The van der Waals surface area contributed by atoms with E-state index < -0.39 is 24.5 Å². The summed E-state index contributed by atoms with van der Waals surface area (Å²) in [6.45, 7) is -0.530. The molecule has 7 heteroatoms. The number of primary amides is 1. The number of urea groups is 1. The molecule has 0 bridgehead atoms. The van der Waals surface area contributed by atoms with E-state index in [0.717, 1.165) is 0 Å². The van der Waals surface area contributed by atoms with E-state index in [0.29, 0.717) is 5.56 Å². The molecule has 0 fully saturated rings. The molecule has 1 aromatic heterocycles. The minimum absolute atomic E-state index is 0.367. The lowest BCUT2D eigenvalue weighted by molar-refractivity contribution is -0.123. The summed E-state index contributed by atoms with van der Waals surface area (Å²) in [5.41, 5.74) is 5.05. The van der Waals surface area contributed by atoms with Crippen LogP contribution in [0.25, 0.3) is 0 Å². The normalized spacial score (nSPS) is 9.33. The molecule has 1 heterocycles. The number of hydrogen-bond donors (Lipinski definition) is 2. The van der Waals surface area contributed by atoms with Crippen molar-refractivity contribution in [1.82, 2.24) is 5.32 Å². The van der Waals surface area contributed by atoms with Crippen LogP contribution < -0.4 is 11.1 Å². The van der Waals surface area contributed by atoms with Crippen LogP contribution in [0.2, 0.25) is 0 Å². The maximum absolute atomic E-state index is 11.2. The standard InChI is InChI=1S/C8H8N2O4S/c9-8(13)10-6(11)3-14-7(12)5-1-2-15-4-5/h1-2,4H,3H2,(H3,9,10,11,13). The van der Waals surface area contributed by atoms with Crippen LogP contribution in [-0.4, -0.2) is 24.5 Å². The average molecular weight is 228 g/mol. The Morgan fingerprint density at radius 1 is 1.47 bits per heavy atom. The van der Waals surface area contributed by atoms with Crippen LogP contribution in [0.1, 0.15) is 10.4 Å². The highest BCUT2D eigenvalue weighted by Crippen LogP contribution is 2.06. The third-order valence-corrected chi connectivity index (χ3v) is 2.04. The Morgan fingerprint density at radius 2 is 2.20 bits per heavy atom. The molecule has 6 nitrogen and oxygen atoms in total. The summed E-state index contributed by atoms with van der Waals surface area (Å²) in [6.07, 6.45) is 0. The summed E-state index contributed by atoms with van der Waals surface area (Å²) < 4.78 is 4.60. The number of amides is 3. The van der Waals surface area contributed by atoms with Crippen LogP contribution >= 0.6 is 11.3 Å². The highest BCUT2D eigenvalue weighted by atomic mass is 32.1. The number of rotatable bonds is 3. The topological polar surface area (TPSA) is 98.5 Å². The predicted molar refractivity (Wildman–Crippen MR) is 52.3 cm³/mol. The summed E-state index contributed by atoms with van der Waals surface area (Å²) in [5, 5.41) is 5.07. The van der Waals surface area contributed by atoms with E-state index in [4.69, 9.17) is 0 Å². The summed E-state index contributed by atoms with van der Waals surface area (Å²) in [5.74, 6) is -1.37. The third kappa shape index (κ3) is 3.77. The highest BCUT2D eigenvalue weighted by molar-refractivity contribution is 7.08. The van der Waals surface area contributed by atoms with E-state index in [-0.39, 0.29) is 0 Å². The van der Waals surface area contributed by atoms with Crippen LogP contribution in [-0.2, 0) is 9.53 Å². The zero-order valence-electron chi connectivity index (χ0n) is 7.56. The first-order chi connectivity index (χ1) is 7.09. The van der Waals surface area contributed by atoms with E-state index in [9.17, 15) is 14.4 Å². The molecule has 80 valence electrons. The lowest BCUT2D eigenvalue weighted by atomic mass is 10.3. The van der Waals surface area contributed by atoms with Gasteiger partial charge in [-0.05, 0) is 11.4 Å². The second-order valence-corrected chi connectivity index (χ2v) is 3.28. The van der Waals surface area contributed by atoms with E-state index >= 15 is 0 Å². The lowest BCUT2D eigenvalue weighted by Gasteiger charge is -2.02. The molecule has 0 radical (unpaired) electrons. The predicted octanol–water partition coefficient (Wildman–Crippen LogP) is 0.0998. The molecular formula is C8H8N2O4S. The van der Waals surface area contributed by atoms with Crippen LogP contribution in [0.5, 0.6) is 0 Å². The molecule has 3 amide bonds. The van der Waals surface area contributed by atoms with Gasteiger partial charge in [0.15, 0.2) is 6.61 Å². The molecule has 0 aliphatic rings. The van der Waals surface area contributed by atoms with Gasteiger partial charge in [0.05, 0.1) is 5.56 Å². The molecule has 3 N–H and O–H groups in total. The number of esters is 1. The number of nitrogens with one attached hydrogen (secondary N) is 1. The Hall–Kier alpha value is -1.89. The number of carbonyl (C=O) groups excluding carboxylic acids is 3. The zero-order valence-corrected chi connectivity index (χ0v) is 8.37. The maximum Gasteiger partial charge on any atom is 0.339 e. The molecule has 0 aliphatic heterocycles. The number of imide groups is 1. The lowest BCUT2D eigenvalue weighted by Crippen LogP contribution is -2.37. The van der Waals surface area contributed by atoms with E-state index in [1.807, 2.05) is 0 Å². The van der Waals surface area contributed by atoms with Gasteiger partial charge < -0.3 is 10.5 Å². The largest absolute Gasteiger partial charge is 0.452 e. The molecule has 0 saturated carbocycles. The van der Waals surface area contributed by atoms with Gasteiger partial charge in [0, 0.05) is 5.38 Å². The maximum atomic E-state index is 11.2. The average Bonchev–Trinajstić information content (AvgIpc) is 2.65. The number of nitrogens with two attached hydrogens (primary N) is 1. The fourth-order valence-electron chi connectivity index (χ4n) is 0.769. The van der Waals surface area contributed by atoms with Crippen molar-refractivity contribution in [1.29, 1.82) is 0 Å². The Balaban J connectivity index is 2.35. The van der Waals surface area contributed by atoms with Crippen LogP contribution in [0.3, 0.4) is 0 Å². The monoisotopic (exact) mass is 228 g/mol. The Bertz CT molecular complexity index is 374. The van der Waals surface area contributed by atoms with Gasteiger partial charge in [-0.3, -0.25) is 10.1 Å². The Morgan fingerprint density at radius 3 is 2.73 bits per heavy atom. The van der Waals surface area contributed by atoms with Crippen molar-refractivity contribution < 1.29 is 19.1 Å². The van der Waals surface area contributed by atoms with Crippen molar-refractivity contribution in [3.63, 3.8) is 0 Å². The summed E-state index contributed by atoms with van der Waals surface area (Å²) in [6, 6.07) is 0.588. The molecule has 1 aromatic rings. The first-order valence-electron chi connectivity index (χ1n) is 3.88. The number of carbonyl (C=O) groups is 3. The van der Waals surface area contributed by atoms with Gasteiger partial charge in [0.25, 0.3) is 5.91 Å². The molecule has 0 saturated heterocycles. The quantitative estimate of drug-likeness (QED) is 0.717. The van der Waals surface area contributed by atoms with Crippen molar-refractivity contribution in [2.45, 2.75) is 0 Å². The van der Waals surface area contributed by atoms with Crippen LogP contribution in [0.15, 0.2) is 16.8 Å². The molecule has 15 heavy (non-hydrogen) atoms. The fraction of sp³-hybridized carbons (Fsp3) is 0.125. The molecular weight excluding hydrogens is 220 g/mol. The third-order valence-electron chi connectivity index (χ3n) is 1.35. The minimum Gasteiger partial charge on any atom is -0.452 e. The Labute approximate surface area is 89.0 Å². The fourth-order valence-corrected chi connectivity index (χ4v) is 1.39. The van der Waals surface area contributed by atoms with Gasteiger partial charge in [-0.15, -0.1) is 0 Å². The second kappa shape index (κ2) is 5.11. The van der Waals surface area contributed by atoms with Crippen molar-refractivity contribution in [3.05, 3.63) is 22.4 Å². The van der Waals surface area contributed by atoms with E-state index in [1.54, 1.807) is 22.1 Å². The Kier molecular flexibility index (Phi) is 3.81. The van der Waals surface area contributed by atoms with Gasteiger partial charge in [-0.2, -0.15) is 11.3 Å². The molecule has 0 aromatic carbocycles. The van der Waals surface area contributed by atoms with Gasteiger partial charge in [0.2, 0.25) is 0 Å². The summed E-state index contributed by atoms with van der Waals surface area (Å²) >= 11 is 1.34. The van der Waals surface area contributed by atoms with Crippen LogP contribution in [0.4, 0.5) is 4.79 Å². The van der Waals surface area contributed by atoms with Crippen molar-refractivity contribution in [2.24, 2.45) is 5.73 Å². The molecule has 1 rings (SSSR count). The second-order valence-electron chi connectivity index (χ2n) is 2.50. The zero-order chi connectivity index (χ0) is 11.3. The number of ether oxygens (including phenoxy) is 1. The summed E-state index contributed by atoms with van der Waals surface area (Å²) in [4.78, 5) is 32.3. The van der Waals surface area contributed by atoms with Gasteiger partial charge >= 0.3 is 12.0 Å². The molecule has 0 aliphatic carbocycles. The SMILES string of the molecule is NC(=O)NC(=O)COC(=O)c1ccsc1. The number of thiophene rings is 1. The first-order valence-corrected chi connectivity index (χ1v) is 4.82. The van der Waals surface area contributed by atoms with Gasteiger partial charge in [0.1, 0.15) is 0 Å². The highest BCUT2D eigenvalue weighted by Gasteiger charge is 2.10. The van der Waals surface area contributed by atoms with Crippen molar-refractivity contribution in [2.75, 3.05) is 6.61 Å². The van der Waals surface area contributed by atoms with E-state index in [1.165, 1.54) is 11.3 Å². The molecule has 0 unspecified atom stereocenters.